The number of allylic oxidation sites excluding steroid dienone is 1. The van der Waals surface area contributed by atoms with E-state index in [1.165, 1.54) is 6.26 Å². The molecule has 7 heavy (non-hydrogen) atoms. The third-order valence-electron chi connectivity index (χ3n) is 0.305. The predicted molar refractivity (Wildman–Crippen MR) is 37.5 cm³/mol. The van der Waals surface area contributed by atoms with Crippen molar-refractivity contribution in [1.82, 2.24) is 0 Å². The van der Waals surface area contributed by atoms with Crippen LogP contribution in [0.4, 0.5) is 0 Å². The number of hydrogen-bond acceptors (Lipinski definition) is 2. The molecule has 0 aromatic heterocycles. The van der Waals surface area contributed by atoms with Crippen molar-refractivity contribution in [1.29, 1.82) is 0 Å². The van der Waals surface area contributed by atoms with Gasteiger partial charge in [-0.3, -0.25) is 0 Å². The molecule has 0 spiro atoms. The van der Waals surface area contributed by atoms with Gasteiger partial charge in [0.15, 0.2) is 0 Å². The standard InChI is InChI=1S/C4H6OS2/c1-2-3-5-4(6)7/h2-3H,1H3,(H,6,7). The Bertz CT molecular complexity index is 87.7. The van der Waals surface area contributed by atoms with E-state index in [1.54, 1.807) is 6.08 Å². The van der Waals surface area contributed by atoms with Crippen LogP contribution in [-0.4, -0.2) is 4.38 Å². The van der Waals surface area contributed by atoms with Crippen molar-refractivity contribution < 1.29 is 4.74 Å². The Morgan fingerprint density at radius 3 is 2.57 bits per heavy atom. The van der Waals surface area contributed by atoms with Crippen molar-refractivity contribution in [3.05, 3.63) is 12.3 Å². The van der Waals surface area contributed by atoms with E-state index >= 15 is 0 Å². The van der Waals surface area contributed by atoms with Gasteiger partial charge in [0.25, 0.3) is 0 Å². The summed E-state index contributed by atoms with van der Waals surface area (Å²) in [7, 11) is 0. The highest BCUT2D eigenvalue weighted by molar-refractivity contribution is 8.10. The zero-order chi connectivity index (χ0) is 5.70. The zero-order valence-corrected chi connectivity index (χ0v) is 5.63. The molecule has 0 atom stereocenters. The van der Waals surface area contributed by atoms with E-state index < -0.39 is 0 Å². The van der Waals surface area contributed by atoms with Gasteiger partial charge in [-0.1, -0.05) is 18.7 Å². The lowest BCUT2D eigenvalue weighted by Crippen LogP contribution is -1.80. The average molecular weight is 134 g/mol. The molecule has 0 aliphatic carbocycles. The van der Waals surface area contributed by atoms with Crippen LogP contribution in [0.1, 0.15) is 6.92 Å². The van der Waals surface area contributed by atoms with E-state index in [0.717, 1.165) is 0 Å². The number of ether oxygens (including phenoxy) is 1. The van der Waals surface area contributed by atoms with Crippen LogP contribution in [0.15, 0.2) is 12.3 Å². The van der Waals surface area contributed by atoms with Gasteiger partial charge in [0.1, 0.15) is 0 Å². The summed E-state index contributed by atoms with van der Waals surface area (Å²) >= 11 is 8.14. The first-order valence-electron chi connectivity index (χ1n) is 1.78. The third-order valence-corrected chi connectivity index (χ3v) is 0.507. The Kier molecular flexibility index (Phi) is 4.14. The molecule has 0 N–H and O–H groups in total. The highest BCUT2D eigenvalue weighted by Gasteiger charge is 1.76. The van der Waals surface area contributed by atoms with Gasteiger partial charge in [-0.25, -0.2) is 0 Å². The van der Waals surface area contributed by atoms with Gasteiger partial charge in [0.05, 0.1) is 6.26 Å². The fourth-order valence-corrected chi connectivity index (χ4v) is 0.243. The monoisotopic (exact) mass is 134 g/mol. The minimum absolute atomic E-state index is 0.248. The van der Waals surface area contributed by atoms with E-state index in [0.29, 0.717) is 0 Å². The van der Waals surface area contributed by atoms with Crippen LogP contribution in [0, 0.1) is 0 Å². The van der Waals surface area contributed by atoms with E-state index in [4.69, 9.17) is 0 Å². The van der Waals surface area contributed by atoms with E-state index in [2.05, 4.69) is 29.6 Å². The predicted octanol–water partition coefficient (Wildman–Crippen LogP) is 1.75. The fraction of sp³-hybridized carbons (Fsp3) is 0.250. The van der Waals surface area contributed by atoms with Crippen LogP contribution in [-0.2, 0) is 4.74 Å². The molecule has 0 aliphatic rings. The smallest absolute Gasteiger partial charge is 0.221 e. The number of thiol groups is 1. The van der Waals surface area contributed by atoms with Gasteiger partial charge in [-0.05, 0) is 19.1 Å². The molecule has 0 amide bonds. The van der Waals surface area contributed by atoms with Gasteiger partial charge in [-0.2, -0.15) is 0 Å². The van der Waals surface area contributed by atoms with Crippen molar-refractivity contribution in [2.24, 2.45) is 0 Å². The van der Waals surface area contributed by atoms with E-state index in [9.17, 15) is 0 Å². The van der Waals surface area contributed by atoms with E-state index in [1.807, 2.05) is 6.92 Å². The quantitative estimate of drug-likeness (QED) is 0.332. The Morgan fingerprint density at radius 1 is 1.86 bits per heavy atom. The summed E-state index contributed by atoms with van der Waals surface area (Å²) in [5, 5.41) is 0. The van der Waals surface area contributed by atoms with Crippen LogP contribution in [0.25, 0.3) is 0 Å². The molecule has 0 aliphatic heterocycles. The molecule has 0 unspecified atom stereocenters. The van der Waals surface area contributed by atoms with Gasteiger partial charge in [-0.15, -0.1) is 0 Å². The first-order chi connectivity index (χ1) is 3.27. The fourth-order valence-electron chi connectivity index (χ4n) is 0.126. The van der Waals surface area contributed by atoms with Gasteiger partial charge < -0.3 is 4.74 Å². The van der Waals surface area contributed by atoms with Gasteiger partial charge >= 0.3 is 0 Å². The maximum Gasteiger partial charge on any atom is 0.221 e. The summed E-state index contributed by atoms with van der Waals surface area (Å²) in [6.07, 6.45) is 3.22. The molecule has 0 saturated carbocycles. The molecule has 40 valence electrons. The molecule has 0 aromatic rings. The Hall–Kier alpha value is -0.0200. The SMILES string of the molecule is CC=COC(=S)S. The summed E-state index contributed by atoms with van der Waals surface area (Å²) in [4.78, 5) is 0. The first kappa shape index (κ1) is 6.98. The van der Waals surface area contributed by atoms with Crippen molar-refractivity contribution >= 4 is 29.2 Å². The van der Waals surface area contributed by atoms with Crippen molar-refractivity contribution in [3.63, 3.8) is 0 Å². The minimum Gasteiger partial charge on any atom is -0.448 e. The second-order valence-electron chi connectivity index (χ2n) is 0.853. The van der Waals surface area contributed by atoms with Crippen LogP contribution in [0.3, 0.4) is 0 Å². The van der Waals surface area contributed by atoms with Crippen molar-refractivity contribution in [2.45, 2.75) is 6.92 Å². The minimum atomic E-state index is 0.248. The van der Waals surface area contributed by atoms with Crippen molar-refractivity contribution in [3.8, 4) is 0 Å². The number of hydrogen-bond donors (Lipinski definition) is 1. The van der Waals surface area contributed by atoms with Crippen LogP contribution >= 0.6 is 24.8 Å². The number of rotatable bonds is 1. The molecule has 0 rings (SSSR count). The maximum atomic E-state index is 4.61. The summed E-state index contributed by atoms with van der Waals surface area (Å²) in [6.45, 7) is 1.84. The van der Waals surface area contributed by atoms with Gasteiger partial charge in [0, 0.05) is 0 Å². The van der Waals surface area contributed by atoms with E-state index in [-0.39, 0.29) is 4.38 Å². The first-order valence-corrected chi connectivity index (χ1v) is 2.63. The highest BCUT2D eigenvalue weighted by atomic mass is 32.1. The van der Waals surface area contributed by atoms with Crippen LogP contribution in [0.2, 0.25) is 0 Å². The molecule has 3 heteroatoms. The lowest BCUT2D eigenvalue weighted by atomic mass is 10.7. The normalized spacial score (nSPS) is 9.43. The number of thiocarbonyl (C=S) groups is 1. The molecule has 1 nitrogen and oxygen atoms in total. The Morgan fingerprint density at radius 2 is 2.43 bits per heavy atom. The topological polar surface area (TPSA) is 9.23 Å². The molecule has 0 heterocycles. The maximum absolute atomic E-state index is 4.61. The summed E-state index contributed by atoms with van der Waals surface area (Å²) in [5.74, 6) is 0. The lowest BCUT2D eigenvalue weighted by Gasteiger charge is -1.87. The average Bonchev–Trinajstić information content (AvgIpc) is 1.61. The zero-order valence-electron chi connectivity index (χ0n) is 3.92. The molecule has 0 fully saturated rings. The molecular weight excluding hydrogens is 128 g/mol. The van der Waals surface area contributed by atoms with Crippen LogP contribution in [0.5, 0.6) is 0 Å². The molecule has 0 bridgehead atoms. The Balaban J connectivity index is 3.14. The molecule has 0 radical (unpaired) electrons. The molecule has 0 aromatic carbocycles. The third kappa shape index (κ3) is 5.98. The van der Waals surface area contributed by atoms with Crippen LogP contribution < -0.4 is 0 Å². The lowest BCUT2D eigenvalue weighted by molar-refractivity contribution is 0.498. The van der Waals surface area contributed by atoms with Crippen molar-refractivity contribution in [2.75, 3.05) is 0 Å². The Labute approximate surface area is 53.8 Å². The highest BCUT2D eigenvalue weighted by Crippen LogP contribution is 1.86. The second-order valence-corrected chi connectivity index (χ2v) is 1.93. The second kappa shape index (κ2) is 4.15. The largest absolute Gasteiger partial charge is 0.448 e. The summed E-state index contributed by atoms with van der Waals surface area (Å²) in [6, 6.07) is 0. The molecule has 0 saturated heterocycles. The molecular formula is C4H6OS2. The summed E-state index contributed by atoms with van der Waals surface area (Å²) < 4.78 is 4.85. The van der Waals surface area contributed by atoms with Gasteiger partial charge in [0.2, 0.25) is 4.38 Å². The summed E-state index contributed by atoms with van der Waals surface area (Å²) in [5.41, 5.74) is 0.